The van der Waals surface area contributed by atoms with Crippen molar-refractivity contribution in [2.75, 3.05) is 17.6 Å². The molecule has 1 atom stereocenters. The molecule has 1 unspecified atom stereocenters. The lowest BCUT2D eigenvalue weighted by Crippen LogP contribution is -2.30. The third-order valence-electron chi connectivity index (χ3n) is 2.11. The number of nitrogens with one attached hydrogen (secondary N) is 1. The minimum Gasteiger partial charge on any atom is -0.336 e. The van der Waals surface area contributed by atoms with Gasteiger partial charge in [0.15, 0.2) is 0 Å². The topological polar surface area (TPSA) is 110 Å². The lowest BCUT2D eigenvalue weighted by molar-refractivity contribution is 0.491. The zero-order chi connectivity index (χ0) is 12.6. The summed E-state index contributed by atoms with van der Waals surface area (Å²) in [5.41, 5.74) is 0.261. The molecular weight excluding hydrogens is 243 g/mol. The van der Waals surface area contributed by atoms with Crippen LogP contribution in [0.25, 0.3) is 11.0 Å². The van der Waals surface area contributed by atoms with Crippen LogP contribution >= 0.6 is 7.52 Å². The fraction of sp³-hybridized carbons (Fsp3) is 0.111. The van der Waals surface area contributed by atoms with E-state index in [4.69, 9.17) is 5.84 Å². The van der Waals surface area contributed by atoms with Gasteiger partial charge in [0.1, 0.15) is 0 Å². The van der Waals surface area contributed by atoms with Crippen LogP contribution in [0.1, 0.15) is 0 Å². The van der Waals surface area contributed by atoms with E-state index in [9.17, 15) is 14.3 Å². The first-order valence-electron chi connectivity index (χ1n) is 4.74. The molecule has 90 valence electrons. The van der Waals surface area contributed by atoms with E-state index in [-0.39, 0.29) is 5.82 Å². The molecular formula is C9H11N4O3P. The van der Waals surface area contributed by atoms with Crippen molar-refractivity contribution in [3.8, 4) is 0 Å². The zero-order valence-corrected chi connectivity index (χ0v) is 9.89. The number of nitrogens with zero attached hydrogens (tertiary/aromatic N) is 2. The summed E-state index contributed by atoms with van der Waals surface area (Å²) >= 11 is 0. The largest absolute Gasteiger partial charge is 0.336 e. The van der Waals surface area contributed by atoms with Crippen molar-refractivity contribution in [3.63, 3.8) is 0 Å². The van der Waals surface area contributed by atoms with Crippen LogP contribution in [0.4, 0.5) is 5.82 Å². The number of rotatable bonds is 2. The van der Waals surface area contributed by atoms with Gasteiger partial charge in [0, 0.05) is 6.66 Å². The van der Waals surface area contributed by atoms with Crippen molar-refractivity contribution in [1.82, 2.24) is 9.66 Å². The number of hydrogen-bond acceptors (Lipinski definition) is 4. The third kappa shape index (κ3) is 2.30. The van der Waals surface area contributed by atoms with Crippen LogP contribution in [0.3, 0.4) is 0 Å². The number of hydrogen-bond donors (Lipinski definition) is 3. The summed E-state index contributed by atoms with van der Waals surface area (Å²) in [6.45, 7) is 1.07. The van der Waals surface area contributed by atoms with Gasteiger partial charge in [-0.3, -0.25) is 14.4 Å². The first-order chi connectivity index (χ1) is 7.88. The monoisotopic (exact) mass is 254 g/mol. The van der Waals surface area contributed by atoms with Gasteiger partial charge in [-0.15, -0.1) is 0 Å². The summed E-state index contributed by atoms with van der Waals surface area (Å²) in [5.74, 6) is 5.35. The van der Waals surface area contributed by atoms with Gasteiger partial charge in [-0.2, -0.15) is 0 Å². The van der Waals surface area contributed by atoms with E-state index >= 15 is 0 Å². The van der Waals surface area contributed by atoms with E-state index in [2.05, 4.69) is 10.1 Å². The molecule has 0 amide bonds. The van der Waals surface area contributed by atoms with Crippen LogP contribution in [0.15, 0.2) is 29.1 Å². The van der Waals surface area contributed by atoms with Crippen LogP contribution < -0.4 is 16.5 Å². The molecule has 0 spiro atoms. The molecule has 8 heteroatoms. The maximum atomic E-state index is 11.7. The summed E-state index contributed by atoms with van der Waals surface area (Å²) in [6.07, 6.45) is 0. The molecule has 0 aliphatic carbocycles. The van der Waals surface area contributed by atoms with Gasteiger partial charge in [-0.25, -0.2) is 9.66 Å². The van der Waals surface area contributed by atoms with Crippen molar-refractivity contribution in [2.24, 2.45) is 0 Å². The molecule has 0 saturated carbocycles. The quantitative estimate of drug-likeness (QED) is 0.526. The van der Waals surface area contributed by atoms with Gasteiger partial charge >= 0.3 is 5.56 Å². The molecule has 0 aliphatic heterocycles. The van der Waals surface area contributed by atoms with Crippen LogP contribution in [0.5, 0.6) is 0 Å². The number of para-hydroxylation sites is 2. The first-order valence-corrected chi connectivity index (χ1v) is 6.84. The molecule has 2 rings (SSSR count). The van der Waals surface area contributed by atoms with Crippen LogP contribution in [-0.4, -0.2) is 21.2 Å². The fourth-order valence-corrected chi connectivity index (χ4v) is 1.96. The van der Waals surface area contributed by atoms with E-state index < -0.39 is 13.1 Å². The molecule has 0 bridgehead atoms. The molecule has 4 N–H and O–H groups in total. The Kier molecular flexibility index (Phi) is 2.65. The van der Waals surface area contributed by atoms with Crippen LogP contribution in [0.2, 0.25) is 0 Å². The lowest BCUT2D eigenvalue weighted by atomic mass is 10.3. The predicted octanol–water partition coefficient (Wildman–Crippen LogP) is 0.337. The van der Waals surface area contributed by atoms with Crippen LogP contribution in [0, 0.1) is 0 Å². The van der Waals surface area contributed by atoms with E-state index in [1.807, 2.05) is 0 Å². The van der Waals surface area contributed by atoms with Crippen molar-refractivity contribution < 1.29 is 9.46 Å². The highest BCUT2D eigenvalue weighted by Gasteiger charge is 2.15. The van der Waals surface area contributed by atoms with Gasteiger partial charge in [-0.1, -0.05) is 12.1 Å². The second-order valence-corrected chi connectivity index (χ2v) is 5.60. The Morgan fingerprint density at radius 2 is 2.12 bits per heavy atom. The Labute approximate surface area is 96.4 Å². The van der Waals surface area contributed by atoms with E-state index in [0.29, 0.717) is 11.0 Å². The van der Waals surface area contributed by atoms with Crippen molar-refractivity contribution in [2.45, 2.75) is 0 Å². The van der Waals surface area contributed by atoms with Gasteiger partial charge in [0.25, 0.3) is 7.52 Å². The SMILES string of the molecule is CP(=O)(O)Nc1nc2ccccc2n(N)c1=O. The molecule has 1 aromatic heterocycles. The number of anilines is 1. The van der Waals surface area contributed by atoms with Gasteiger partial charge in [0.05, 0.1) is 11.0 Å². The minimum atomic E-state index is -3.59. The Morgan fingerprint density at radius 1 is 1.47 bits per heavy atom. The van der Waals surface area contributed by atoms with Gasteiger partial charge < -0.3 is 10.7 Å². The van der Waals surface area contributed by atoms with E-state index in [1.54, 1.807) is 24.3 Å². The molecule has 7 nitrogen and oxygen atoms in total. The summed E-state index contributed by atoms with van der Waals surface area (Å²) < 4.78 is 12.1. The molecule has 0 aliphatic rings. The van der Waals surface area contributed by atoms with Crippen molar-refractivity contribution in [3.05, 3.63) is 34.6 Å². The summed E-state index contributed by atoms with van der Waals surface area (Å²) in [4.78, 5) is 24.9. The molecule has 17 heavy (non-hydrogen) atoms. The highest BCUT2D eigenvalue weighted by Crippen LogP contribution is 2.33. The van der Waals surface area contributed by atoms with Crippen LogP contribution in [-0.2, 0) is 4.57 Å². The third-order valence-corrected chi connectivity index (χ3v) is 2.73. The summed E-state index contributed by atoms with van der Waals surface area (Å²) in [5, 5.41) is 2.17. The Morgan fingerprint density at radius 3 is 2.76 bits per heavy atom. The van der Waals surface area contributed by atoms with E-state index in [1.165, 1.54) is 0 Å². The molecule has 0 fully saturated rings. The minimum absolute atomic E-state index is 0.237. The molecule has 1 aromatic carbocycles. The second-order valence-electron chi connectivity index (χ2n) is 3.62. The predicted molar refractivity (Wildman–Crippen MR) is 65.5 cm³/mol. The highest BCUT2D eigenvalue weighted by molar-refractivity contribution is 7.58. The number of benzene rings is 1. The zero-order valence-electron chi connectivity index (χ0n) is 8.99. The average molecular weight is 254 g/mol. The fourth-order valence-electron chi connectivity index (χ4n) is 1.42. The Hall–Kier alpha value is -1.85. The number of nitrogen functional groups attached to an aromatic ring is 1. The lowest BCUT2D eigenvalue weighted by Gasteiger charge is -2.10. The maximum absolute atomic E-state index is 11.7. The first kappa shape index (κ1) is 11.6. The Bertz CT molecular complexity index is 675. The smallest absolute Gasteiger partial charge is 0.312 e. The number of fused-ring (bicyclic) bond motifs is 1. The number of aromatic nitrogens is 2. The molecule has 1 heterocycles. The summed E-state index contributed by atoms with van der Waals surface area (Å²) in [7, 11) is -3.59. The van der Waals surface area contributed by atoms with Gasteiger partial charge in [0.2, 0.25) is 5.82 Å². The van der Waals surface area contributed by atoms with Crippen molar-refractivity contribution >= 4 is 24.4 Å². The maximum Gasteiger partial charge on any atom is 0.312 e. The average Bonchev–Trinajstić information content (AvgIpc) is 2.24. The summed E-state index contributed by atoms with van der Waals surface area (Å²) in [6, 6.07) is 6.74. The standard InChI is InChI=1S/C9H11N4O3P/c1-17(15,16)12-8-9(14)13(10)7-5-3-2-4-6(7)11-8/h2-5H,10H2,1H3,(H2,11,12,15,16). The highest BCUT2D eigenvalue weighted by atomic mass is 31.2. The molecule has 0 saturated heterocycles. The van der Waals surface area contributed by atoms with E-state index in [0.717, 1.165) is 11.3 Å². The molecule has 0 radical (unpaired) electrons. The second kappa shape index (κ2) is 3.87. The van der Waals surface area contributed by atoms with Crippen molar-refractivity contribution in [1.29, 1.82) is 0 Å². The molecule has 2 aromatic rings. The van der Waals surface area contributed by atoms with Gasteiger partial charge in [-0.05, 0) is 12.1 Å². The Balaban J connectivity index is 2.70. The normalized spacial score (nSPS) is 14.5. The number of nitrogens with two attached hydrogens (primary N) is 1.